The van der Waals surface area contributed by atoms with Crippen molar-refractivity contribution in [2.24, 2.45) is 0 Å². The number of nitrogens with zero attached hydrogens (tertiary/aromatic N) is 2. The average Bonchev–Trinajstić information content (AvgIpc) is 2.38. The van der Waals surface area contributed by atoms with E-state index in [1.54, 1.807) is 0 Å². The molecule has 0 aliphatic heterocycles. The first-order valence-electron chi connectivity index (χ1n) is 5.86. The second-order valence-corrected chi connectivity index (χ2v) is 4.08. The molecule has 1 aromatic carbocycles. The fraction of sp³-hybridized carbons (Fsp3) is 0.417. The Morgan fingerprint density at radius 1 is 1.53 bits per heavy atom. The largest absolute Gasteiger partial charge is 0.351 e. The van der Waals surface area contributed by atoms with Crippen LogP contribution in [0.25, 0.3) is 0 Å². The van der Waals surface area contributed by atoms with Crippen LogP contribution in [0.15, 0.2) is 18.2 Å². The third kappa shape index (κ3) is 4.29. The minimum Gasteiger partial charge on any atom is -0.351 e. The molecule has 0 aliphatic rings. The lowest BCUT2D eigenvalue weighted by molar-refractivity contribution is -0.387. The van der Waals surface area contributed by atoms with Crippen LogP contribution >= 0.6 is 0 Å². The van der Waals surface area contributed by atoms with Gasteiger partial charge >= 0.3 is 5.69 Å². The van der Waals surface area contributed by atoms with E-state index in [1.807, 2.05) is 18.9 Å². The summed E-state index contributed by atoms with van der Waals surface area (Å²) in [7, 11) is 1.91. The molecular formula is C12H16FN3O3. The Balaban J connectivity index is 2.67. The van der Waals surface area contributed by atoms with Crippen molar-refractivity contribution in [1.29, 1.82) is 0 Å². The Kier molecular flexibility index (Phi) is 5.37. The molecule has 1 amide bonds. The second-order valence-electron chi connectivity index (χ2n) is 4.08. The molecule has 0 heterocycles. The number of nitro benzene ring substituents is 1. The predicted octanol–water partition coefficient (Wildman–Crippen LogP) is 1.42. The molecule has 0 radical (unpaired) electrons. The summed E-state index contributed by atoms with van der Waals surface area (Å²) in [5.74, 6) is -1.40. The summed E-state index contributed by atoms with van der Waals surface area (Å²) in [6.45, 7) is 3.95. The maximum absolute atomic E-state index is 13.1. The van der Waals surface area contributed by atoms with Crippen molar-refractivity contribution < 1.29 is 14.1 Å². The van der Waals surface area contributed by atoms with Crippen molar-refractivity contribution in [2.75, 3.05) is 26.7 Å². The zero-order valence-electron chi connectivity index (χ0n) is 10.9. The van der Waals surface area contributed by atoms with Crippen LogP contribution in [-0.4, -0.2) is 42.4 Å². The Bertz CT molecular complexity index is 479. The van der Waals surface area contributed by atoms with Crippen molar-refractivity contribution in [2.45, 2.75) is 6.92 Å². The van der Waals surface area contributed by atoms with Crippen LogP contribution in [0.1, 0.15) is 17.3 Å². The molecule has 0 unspecified atom stereocenters. The molecule has 0 aromatic heterocycles. The zero-order chi connectivity index (χ0) is 14.4. The minimum absolute atomic E-state index is 0.0762. The van der Waals surface area contributed by atoms with Gasteiger partial charge in [-0.05, 0) is 25.7 Å². The van der Waals surface area contributed by atoms with E-state index in [9.17, 15) is 19.3 Å². The van der Waals surface area contributed by atoms with Crippen LogP contribution < -0.4 is 5.32 Å². The molecule has 0 saturated carbocycles. The van der Waals surface area contributed by atoms with Crippen LogP contribution in [0.2, 0.25) is 0 Å². The molecule has 104 valence electrons. The lowest BCUT2D eigenvalue weighted by Gasteiger charge is -2.13. The monoisotopic (exact) mass is 269 g/mol. The van der Waals surface area contributed by atoms with Crippen LogP contribution in [0.3, 0.4) is 0 Å². The molecule has 0 atom stereocenters. The summed E-state index contributed by atoms with van der Waals surface area (Å²) >= 11 is 0. The normalized spacial score (nSPS) is 10.5. The highest BCUT2D eigenvalue weighted by atomic mass is 19.1. The third-order valence-electron chi connectivity index (χ3n) is 2.72. The Hall–Kier alpha value is -2.02. The van der Waals surface area contributed by atoms with Crippen LogP contribution in [0.4, 0.5) is 10.1 Å². The van der Waals surface area contributed by atoms with Crippen molar-refractivity contribution >= 4 is 11.6 Å². The van der Waals surface area contributed by atoms with Gasteiger partial charge in [-0.15, -0.1) is 0 Å². The van der Waals surface area contributed by atoms with Crippen molar-refractivity contribution in [1.82, 2.24) is 10.2 Å². The van der Waals surface area contributed by atoms with Gasteiger partial charge < -0.3 is 10.2 Å². The first-order valence-corrected chi connectivity index (χ1v) is 5.86. The molecule has 6 nitrogen and oxygen atoms in total. The van der Waals surface area contributed by atoms with Crippen molar-refractivity contribution in [3.05, 3.63) is 39.7 Å². The Morgan fingerprint density at radius 3 is 2.79 bits per heavy atom. The van der Waals surface area contributed by atoms with Gasteiger partial charge in [0.25, 0.3) is 5.91 Å². The maximum atomic E-state index is 13.1. The molecule has 19 heavy (non-hydrogen) atoms. The van der Waals surface area contributed by atoms with Gasteiger partial charge in [0.2, 0.25) is 5.82 Å². The summed E-state index contributed by atoms with van der Waals surface area (Å²) in [5.41, 5.74) is -0.620. The highest BCUT2D eigenvalue weighted by molar-refractivity contribution is 5.94. The number of benzene rings is 1. The van der Waals surface area contributed by atoms with Gasteiger partial charge in [0.1, 0.15) is 0 Å². The van der Waals surface area contributed by atoms with Gasteiger partial charge in [-0.1, -0.05) is 6.92 Å². The summed E-state index contributed by atoms with van der Waals surface area (Å²) in [6, 6.07) is 3.08. The van der Waals surface area contributed by atoms with Gasteiger partial charge in [-0.2, -0.15) is 4.39 Å². The van der Waals surface area contributed by atoms with E-state index in [-0.39, 0.29) is 5.56 Å². The number of nitro groups is 1. The van der Waals surface area contributed by atoms with Gasteiger partial charge in [0, 0.05) is 24.7 Å². The highest BCUT2D eigenvalue weighted by Gasteiger charge is 2.17. The summed E-state index contributed by atoms with van der Waals surface area (Å²) in [4.78, 5) is 23.4. The number of hydrogen-bond donors (Lipinski definition) is 1. The lowest BCUT2D eigenvalue weighted by Crippen LogP contribution is -2.32. The van der Waals surface area contributed by atoms with E-state index in [1.165, 1.54) is 6.07 Å². The molecule has 0 saturated heterocycles. The molecule has 0 spiro atoms. The standard InChI is InChI=1S/C12H16FN3O3/c1-3-15(2)7-6-14-12(17)9-4-5-10(13)11(8-9)16(18)19/h4-5,8H,3,6-7H2,1-2H3,(H,14,17). The third-order valence-corrected chi connectivity index (χ3v) is 2.72. The second kappa shape index (κ2) is 6.79. The molecule has 0 bridgehead atoms. The molecule has 0 aliphatic carbocycles. The van der Waals surface area contributed by atoms with E-state index in [2.05, 4.69) is 5.32 Å². The average molecular weight is 269 g/mol. The van der Waals surface area contributed by atoms with E-state index < -0.39 is 22.3 Å². The predicted molar refractivity (Wildman–Crippen MR) is 68.6 cm³/mol. The number of carbonyl (C=O) groups excluding carboxylic acids is 1. The lowest BCUT2D eigenvalue weighted by atomic mass is 10.2. The molecule has 1 aromatic rings. The number of hydrogen-bond acceptors (Lipinski definition) is 4. The van der Waals surface area contributed by atoms with Crippen molar-refractivity contribution in [3.63, 3.8) is 0 Å². The molecule has 0 fully saturated rings. The number of nitrogens with one attached hydrogen (secondary N) is 1. The van der Waals surface area contributed by atoms with Gasteiger partial charge in [-0.3, -0.25) is 14.9 Å². The van der Waals surface area contributed by atoms with E-state index in [4.69, 9.17) is 0 Å². The Morgan fingerprint density at radius 2 is 2.21 bits per heavy atom. The smallest absolute Gasteiger partial charge is 0.305 e. The van der Waals surface area contributed by atoms with Crippen LogP contribution in [0, 0.1) is 15.9 Å². The molecule has 1 N–H and O–H groups in total. The number of halogens is 1. The van der Waals surface area contributed by atoms with Gasteiger partial charge in [0.05, 0.1) is 4.92 Å². The topological polar surface area (TPSA) is 75.5 Å². The number of amides is 1. The number of rotatable bonds is 6. The van der Waals surface area contributed by atoms with Gasteiger partial charge in [-0.25, -0.2) is 0 Å². The zero-order valence-corrected chi connectivity index (χ0v) is 10.9. The molecule has 7 heteroatoms. The Labute approximate surface area is 110 Å². The highest BCUT2D eigenvalue weighted by Crippen LogP contribution is 2.18. The fourth-order valence-corrected chi connectivity index (χ4v) is 1.41. The number of likely N-dealkylation sites (N-methyl/N-ethyl adjacent to an activating group) is 1. The van der Waals surface area contributed by atoms with E-state index in [0.717, 1.165) is 18.7 Å². The van der Waals surface area contributed by atoms with Crippen LogP contribution in [-0.2, 0) is 0 Å². The first kappa shape index (κ1) is 15.0. The molecular weight excluding hydrogens is 253 g/mol. The minimum atomic E-state index is -0.952. The van der Waals surface area contributed by atoms with E-state index in [0.29, 0.717) is 13.1 Å². The number of carbonyl (C=O) groups is 1. The first-order chi connectivity index (χ1) is 8.95. The van der Waals surface area contributed by atoms with Gasteiger partial charge in [0.15, 0.2) is 0 Å². The summed E-state index contributed by atoms with van der Waals surface area (Å²) < 4.78 is 13.1. The summed E-state index contributed by atoms with van der Waals surface area (Å²) in [5, 5.41) is 13.2. The summed E-state index contributed by atoms with van der Waals surface area (Å²) in [6.07, 6.45) is 0. The van der Waals surface area contributed by atoms with Crippen LogP contribution in [0.5, 0.6) is 0 Å². The SMILES string of the molecule is CCN(C)CCNC(=O)c1ccc(F)c([N+](=O)[O-])c1. The van der Waals surface area contributed by atoms with Crippen molar-refractivity contribution in [3.8, 4) is 0 Å². The fourth-order valence-electron chi connectivity index (χ4n) is 1.41. The molecule has 1 rings (SSSR count). The van der Waals surface area contributed by atoms with E-state index >= 15 is 0 Å². The quantitative estimate of drug-likeness (QED) is 0.626. The maximum Gasteiger partial charge on any atom is 0.305 e.